The summed E-state index contributed by atoms with van der Waals surface area (Å²) in [5, 5.41) is 6.28. The molecule has 2 heterocycles. The van der Waals surface area contributed by atoms with E-state index in [0.29, 0.717) is 10.7 Å². The van der Waals surface area contributed by atoms with Gasteiger partial charge in [-0.25, -0.2) is 4.98 Å². The Morgan fingerprint density at radius 2 is 2.27 bits per heavy atom. The van der Waals surface area contributed by atoms with Crippen LogP contribution in [0.25, 0.3) is 0 Å². The second-order valence-corrected chi connectivity index (χ2v) is 3.64. The molecule has 0 aromatic carbocycles. The number of halogens is 1. The van der Waals surface area contributed by atoms with Crippen LogP contribution in [0.3, 0.4) is 0 Å². The zero-order valence-corrected chi connectivity index (χ0v) is 8.79. The number of aromatic nitrogens is 4. The first kappa shape index (κ1) is 9.94. The number of hydrogen-bond acceptors (Lipinski definition) is 6. The molecule has 0 spiro atoms. The Labute approximate surface area is 93.5 Å². The molecule has 0 aliphatic rings. The molecule has 76 valence electrons. The Balaban J connectivity index is 2.13. The van der Waals surface area contributed by atoms with Crippen molar-refractivity contribution in [3.63, 3.8) is 0 Å². The van der Waals surface area contributed by atoms with Crippen LogP contribution in [0.15, 0.2) is 18.6 Å². The first-order chi connectivity index (χ1) is 7.25. The highest BCUT2D eigenvalue weighted by Gasteiger charge is 2.09. The first-order valence-electron chi connectivity index (χ1n) is 3.82. The summed E-state index contributed by atoms with van der Waals surface area (Å²) in [5.41, 5.74) is 0. The van der Waals surface area contributed by atoms with Gasteiger partial charge >= 0.3 is 0 Å². The van der Waals surface area contributed by atoms with E-state index >= 15 is 0 Å². The van der Waals surface area contributed by atoms with Gasteiger partial charge in [-0.2, -0.15) is 0 Å². The first-order valence-corrected chi connectivity index (χ1v) is 4.97. The van der Waals surface area contributed by atoms with Crippen LogP contribution in [0.4, 0.5) is 5.82 Å². The summed E-state index contributed by atoms with van der Waals surface area (Å²) in [6.45, 7) is 0. The summed E-state index contributed by atoms with van der Waals surface area (Å²) < 4.78 is 3.57. The number of carbonyl (C=O) groups is 1. The molecule has 1 amide bonds. The van der Waals surface area contributed by atoms with Gasteiger partial charge < -0.3 is 5.32 Å². The van der Waals surface area contributed by atoms with E-state index in [1.807, 2.05) is 0 Å². The summed E-state index contributed by atoms with van der Waals surface area (Å²) >= 11 is 6.61. The quantitative estimate of drug-likeness (QED) is 0.855. The van der Waals surface area contributed by atoms with Gasteiger partial charge in [0.15, 0.2) is 5.82 Å². The van der Waals surface area contributed by atoms with E-state index in [2.05, 4.69) is 24.9 Å². The molecule has 0 aliphatic carbocycles. The van der Waals surface area contributed by atoms with Gasteiger partial charge in [-0.1, -0.05) is 16.1 Å². The van der Waals surface area contributed by atoms with E-state index in [4.69, 9.17) is 11.6 Å². The average molecular weight is 242 g/mol. The molecule has 0 saturated carbocycles. The van der Waals surface area contributed by atoms with E-state index in [-0.39, 0.29) is 11.1 Å². The normalized spacial score (nSPS) is 9.93. The molecule has 6 nitrogen and oxygen atoms in total. The molecule has 0 bridgehead atoms. The molecule has 8 heteroatoms. The number of amides is 1. The zero-order valence-electron chi connectivity index (χ0n) is 7.22. The summed E-state index contributed by atoms with van der Waals surface area (Å²) in [6, 6.07) is 0. The summed E-state index contributed by atoms with van der Waals surface area (Å²) in [7, 11) is 0. The van der Waals surface area contributed by atoms with Crippen molar-refractivity contribution >= 4 is 34.9 Å². The predicted molar refractivity (Wildman–Crippen MR) is 54.9 cm³/mol. The van der Waals surface area contributed by atoms with Crippen molar-refractivity contribution in [2.24, 2.45) is 0 Å². The van der Waals surface area contributed by atoms with Crippen molar-refractivity contribution in [1.29, 1.82) is 0 Å². The third kappa shape index (κ3) is 2.45. The van der Waals surface area contributed by atoms with Crippen LogP contribution in [-0.2, 0) is 0 Å². The van der Waals surface area contributed by atoms with Crippen LogP contribution in [0.1, 0.15) is 9.67 Å². The predicted octanol–water partition coefficient (Wildman–Crippen LogP) is 1.23. The van der Waals surface area contributed by atoms with Gasteiger partial charge in [0.1, 0.15) is 10.0 Å². The Kier molecular flexibility index (Phi) is 2.84. The van der Waals surface area contributed by atoms with Gasteiger partial charge in [0, 0.05) is 0 Å². The van der Waals surface area contributed by atoms with Gasteiger partial charge in [0.2, 0.25) is 0 Å². The SMILES string of the molecule is O=C(Nc1cncc(Cl)n1)c1cnns1. The van der Waals surface area contributed by atoms with Crippen LogP contribution in [-0.4, -0.2) is 25.5 Å². The van der Waals surface area contributed by atoms with Gasteiger partial charge in [0.05, 0.1) is 18.6 Å². The van der Waals surface area contributed by atoms with Crippen LogP contribution in [0, 0.1) is 0 Å². The molecule has 0 radical (unpaired) electrons. The second kappa shape index (κ2) is 4.28. The minimum absolute atomic E-state index is 0.218. The standard InChI is InChI=1S/C7H4ClN5OS/c8-5-2-9-3-6(11-5)12-7(14)4-1-10-13-15-4/h1-3H,(H,11,12,14). The highest BCUT2D eigenvalue weighted by Crippen LogP contribution is 2.09. The third-order valence-electron chi connectivity index (χ3n) is 1.43. The van der Waals surface area contributed by atoms with E-state index in [9.17, 15) is 4.79 Å². The van der Waals surface area contributed by atoms with Crippen molar-refractivity contribution in [1.82, 2.24) is 19.6 Å². The largest absolute Gasteiger partial charge is 0.304 e. The van der Waals surface area contributed by atoms with E-state index < -0.39 is 0 Å². The lowest BCUT2D eigenvalue weighted by Gasteiger charge is -2.00. The second-order valence-electron chi connectivity index (χ2n) is 2.46. The Bertz CT molecular complexity index is 474. The van der Waals surface area contributed by atoms with Crippen molar-refractivity contribution in [2.45, 2.75) is 0 Å². The fraction of sp³-hybridized carbons (Fsp3) is 0. The number of carbonyl (C=O) groups excluding carboxylic acids is 1. The maximum absolute atomic E-state index is 11.5. The van der Waals surface area contributed by atoms with E-state index in [0.717, 1.165) is 11.5 Å². The highest BCUT2D eigenvalue weighted by molar-refractivity contribution is 7.07. The molecule has 0 atom stereocenters. The lowest BCUT2D eigenvalue weighted by molar-refractivity contribution is 0.103. The van der Waals surface area contributed by atoms with Crippen molar-refractivity contribution in [3.8, 4) is 0 Å². The molecule has 2 rings (SSSR count). The maximum Gasteiger partial charge on any atom is 0.270 e. The Morgan fingerprint density at radius 1 is 1.40 bits per heavy atom. The van der Waals surface area contributed by atoms with E-state index in [1.165, 1.54) is 18.6 Å². The number of rotatable bonds is 2. The minimum atomic E-state index is -0.332. The van der Waals surface area contributed by atoms with Gasteiger partial charge in [-0.05, 0) is 11.5 Å². The van der Waals surface area contributed by atoms with Crippen molar-refractivity contribution in [2.75, 3.05) is 5.32 Å². The Hall–Kier alpha value is -1.60. The van der Waals surface area contributed by atoms with Gasteiger partial charge in [-0.15, -0.1) is 5.10 Å². The number of nitrogens with zero attached hydrogens (tertiary/aromatic N) is 4. The molecule has 1 N–H and O–H groups in total. The van der Waals surface area contributed by atoms with E-state index in [1.54, 1.807) is 0 Å². The molecule has 0 fully saturated rings. The smallest absolute Gasteiger partial charge is 0.270 e. The van der Waals surface area contributed by atoms with Crippen LogP contribution >= 0.6 is 23.1 Å². The highest BCUT2D eigenvalue weighted by atomic mass is 35.5. The molecule has 0 aliphatic heterocycles. The lowest BCUT2D eigenvalue weighted by Crippen LogP contribution is -2.11. The zero-order chi connectivity index (χ0) is 10.7. The molecule has 0 saturated heterocycles. The van der Waals surface area contributed by atoms with Crippen LogP contribution < -0.4 is 5.32 Å². The monoisotopic (exact) mass is 241 g/mol. The maximum atomic E-state index is 11.5. The fourth-order valence-corrected chi connectivity index (χ4v) is 1.41. The molecular formula is C7H4ClN5OS. The van der Waals surface area contributed by atoms with Crippen LogP contribution in [0.5, 0.6) is 0 Å². The molecule has 2 aromatic rings. The lowest BCUT2D eigenvalue weighted by atomic mass is 10.5. The summed E-state index contributed by atoms with van der Waals surface area (Å²) in [4.78, 5) is 19.5. The van der Waals surface area contributed by atoms with Crippen molar-refractivity contribution < 1.29 is 4.79 Å². The average Bonchev–Trinajstić information content (AvgIpc) is 2.70. The summed E-state index contributed by atoms with van der Waals surface area (Å²) in [6.07, 6.45) is 4.15. The molecule has 15 heavy (non-hydrogen) atoms. The van der Waals surface area contributed by atoms with Gasteiger partial charge in [0.25, 0.3) is 5.91 Å². The Morgan fingerprint density at radius 3 is 2.93 bits per heavy atom. The number of nitrogens with one attached hydrogen (secondary N) is 1. The third-order valence-corrected chi connectivity index (χ3v) is 2.28. The van der Waals surface area contributed by atoms with Crippen LogP contribution in [0.2, 0.25) is 5.15 Å². The topological polar surface area (TPSA) is 80.7 Å². The molecule has 2 aromatic heterocycles. The van der Waals surface area contributed by atoms with Gasteiger partial charge in [-0.3, -0.25) is 9.78 Å². The fourth-order valence-electron chi connectivity index (χ4n) is 0.848. The minimum Gasteiger partial charge on any atom is -0.304 e. The number of anilines is 1. The molecule has 0 unspecified atom stereocenters. The number of hydrogen-bond donors (Lipinski definition) is 1. The molecular weight excluding hydrogens is 238 g/mol. The van der Waals surface area contributed by atoms with Crippen molar-refractivity contribution in [3.05, 3.63) is 28.6 Å². The summed E-state index contributed by atoms with van der Waals surface area (Å²) in [5.74, 6) is -0.0394.